The highest BCUT2D eigenvalue weighted by Gasteiger charge is 2.41. The second kappa shape index (κ2) is 7.47. The first-order valence-corrected chi connectivity index (χ1v) is 10.4. The molecule has 4 heterocycles. The van der Waals surface area contributed by atoms with Crippen molar-refractivity contribution in [3.63, 3.8) is 0 Å². The average Bonchev–Trinajstić information content (AvgIpc) is 3.44. The molecule has 3 amide bonds. The molecule has 0 N–H and O–H groups in total. The number of nitrogens with zero attached hydrogens (tertiary/aromatic N) is 4. The SMILES string of the molecule is O=C1c2ccccc2C(=O)N1C[C@H]1CN(c2cc(Cn3cnccc3=O)cs2)C(=O)O1. The van der Waals surface area contributed by atoms with E-state index in [1.54, 1.807) is 24.3 Å². The molecule has 10 heteroatoms. The van der Waals surface area contributed by atoms with E-state index >= 15 is 0 Å². The minimum absolute atomic E-state index is 0.00209. The van der Waals surface area contributed by atoms with Gasteiger partial charge >= 0.3 is 6.09 Å². The van der Waals surface area contributed by atoms with Gasteiger partial charge in [0, 0.05) is 12.3 Å². The van der Waals surface area contributed by atoms with Crippen molar-refractivity contribution in [2.45, 2.75) is 12.6 Å². The number of hydrogen-bond acceptors (Lipinski definition) is 7. The highest BCUT2D eigenvalue weighted by Crippen LogP contribution is 2.30. The van der Waals surface area contributed by atoms with Crippen LogP contribution in [-0.2, 0) is 11.3 Å². The smallest absolute Gasteiger partial charge is 0.415 e. The van der Waals surface area contributed by atoms with Crippen molar-refractivity contribution in [3.8, 4) is 0 Å². The van der Waals surface area contributed by atoms with Gasteiger partial charge < -0.3 is 4.74 Å². The van der Waals surface area contributed by atoms with Gasteiger partial charge in [-0.25, -0.2) is 9.78 Å². The molecule has 0 spiro atoms. The fourth-order valence-corrected chi connectivity index (χ4v) is 4.60. The van der Waals surface area contributed by atoms with Crippen molar-refractivity contribution in [1.82, 2.24) is 14.5 Å². The molecular formula is C21H16N4O5S. The maximum absolute atomic E-state index is 12.6. The molecule has 156 valence electrons. The zero-order valence-corrected chi connectivity index (χ0v) is 16.9. The summed E-state index contributed by atoms with van der Waals surface area (Å²) in [7, 11) is 0. The number of thiophene rings is 1. The lowest BCUT2D eigenvalue weighted by atomic mass is 10.1. The normalized spacial score (nSPS) is 17.9. The van der Waals surface area contributed by atoms with Crippen LogP contribution in [0.4, 0.5) is 9.80 Å². The topological polar surface area (TPSA) is 102 Å². The lowest BCUT2D eigenvalue weighted by molar-refractivity contribution is 0.0558. The summed E-state index contributed by atoms with van der Waals surface area (Å²) < 4.78 is 6.89. The van der Waals surface area contributed by atoms with Gasteiger partial charge in [0.25, 0.3) is 17.4 Å². The predicted molar refractivity (Wildman–Crippen MR) is 111 cm³/mol. The van der Waals surface area contributed by atoms with E-state index in [2.05, 4.69) is 4.98 Å². The fraction of sp³-hybridized carbons (Fsp3) is 0.190. The standard InChI is InChI=1S/C21H16N4O5S/c26-17-5-6-22-12-23(17)8-13-7-18(31-11-13)24-9-14(30-21(24)29)10-25-19(27)15-3-1-2-4-16(15)20(25)28/h1-7,11-12,14H,8-10H2/t14-/m1/s1. The van der Waals surface area contributed by atoms with Gasteiger partial charge in [-0.15, -0.1) is 11.3 Å². The number of carbonyl (C=O) groups is 3. The molecule has 1 aromatic carbocycles. The van der Waals surface area contributed by atoms with Crippen molar-refractivity contribution in [2.75, 3.05) is 18.0 Å². The maximum atomic E-state index is 12.6. The number of anilines is 1. The van der Waals surface area contributed by atoms with Gasteiger partial charge in [-0.05, 0) is 29.1 Å². The minimum atomic E-state index is -0.624. The van der Waals surface area contributed by atoms with Crippen LogP contribution in [0.15, 0.2) is 59.1 Å². The molecule has 1 atom stereocenters. The van der Waals surface area contributed by atoms with E-state index in [1.807, 2.05) is 11.4 Å². The van der Waals surface area contributed by atoms with Crippen LogP contribution in [0.1, 0.15) is 26.3 Å². The molecule has 3 aromatic rings. The Bertz CT molecular complexity index is 1230. The Kier molecular flexibility index (Phi) is 4.63. The van der Waals surface area contributed by atoms with Crippen LogP contribution >= 0.6 is 11.3 Å². The molecule has 0 radical (unpaired) electrons. The number of cyclic esters (lactones) is 1. The van der Waals surface area contributed by atoms with Crippen LogP contribution in [0, 0.1) is 0 Å². The van der Waals surface area contributed by atoms with Crippen LogP contribution in [0.5, 0.6) is 0 Å². The molecule has 0 saturated carbocycles. The molecule has 2 aliphatic heterocycles. The second-order valence-electron chi connectivity index (χ2n) is 7.22. The summed E-state index contributed by atoms with van der Waals surface area (Å²) in [5, 5.41) is 2.53. The lowest BCUT2D eigenvalue weighted by Crippen LogP contribution is -2.38. The second-order valence-corrected chi connectivity index (χ2v) is 8.11. The quantitative estimate of drug-likeness (QED) is 0.567. The third-order valence-electron chi connectivity index (χ3n) is 5.19. The van der Waals surface area contributed by atoms with E-state index in [1.165, 1.54) is 39.4 Å². The zero-order valence-electron chi connectivity index (χ0n) is 16.1. The molecule has 0 aliphatic carbocycles. The number of ether oxygens (including phenoxy) is 1. The van der Waals surface area contributed by atoms with E-state index in [-0.39, 0.29) is 30.5 Å². The van der Waals surface area contributed by atoms with Crippen molar-refractivity contribution in [2.24, 2.45) is 0 Å². The summed E-state index contributed by atoms with van der Waals surface area (Å²) in [6, 6.07) is 9.84. The van der Waals surface area contributed by atoms with Crippen molar-refractivity contribution < 1.29 is 19.1 Å². The van der Waals surface area contributed by atoms with E-state index < -0.39 is 12.2 Å². The van der Waals surface area contributed by atoms with Gasteiger partial charge in [0.05, 0.1) is 37.1 Å². The Hall–Kier alpha value is -3.79. The number of hydrogen-bond donors (Lipinski definition) is 0. The molecule has 5 rings (SSSR count). The third kappa shape index (κ3) is 3.40. The van der Waals surface area contributed by atoms with Crippen LogP contribution in [0.3, 0.4) is 0 Å². The Labute approximate surface area is 180 Å². The van der Waals surface area contributed by atoms with Gasteiger partial charge in [-0.1, -0.05) is 12.1 Å². The van der Waals surface area contributed by atoms with E-state index in [0.717, 1.165) is 10.5 Å². The summed E-state index contributed by atoms with van der Waals surface area (Å²) in [5.74, 6) is -0.758. The molecule has 1 fully saturated rings. The third-order valence-corrected chi connectivity index (χ3v) is 6.19. The first-order valence-electron chi connectivity index (χ1n) is 9.52. The molecule has 31 heavy (non-hydrogen) atoms. The Morgan fingerprint density at radius 3 is 2.52 bits per heavy atom. The number of benzene rings is 1. The van der Waals surface area contributed by atoms with Gasteiger partial charge in [0.15, 0.2) is 0 Å². The lowest BCUT2D eigenvalue weighted by Gasteiger charge is -2.17. The van der Waals surface area contributed by atoms with Crippen LogP contribution in [-0.4, -0.2) is 51.6 Å². The zero-order chi connectivity index (χ0) is 21.5. The van der Waals surface area contributed by atoms with Gasteiger partial charge in [-0.2, -0.15) is 0 Å². The molecule has 9 nitrogen and oxygen atoms in total. The predicted octanol–water partition coefficient (Wildman–Crippen LogP) is 1.97. The van der Waals surface area contributed by atoms with Crippen molar-refractivity contribution in [1.29, 1.82) is 0 Å². The van der Waals surface area contributed by atoms with Crippen LogP contribution < -0.4 is 10.5 Å². The fourth-order valence-electron chi connectivity index (χ4n) is 3.69. The largest absolute Gasteiger partial charge is 0.442 e. The summed E-state index contributed by atoms with van der Waals surface area (Å²) in [6.45, 7) is 0.557. The first-order chi connectivity index (χ1) is 15.0. The molecule has 2 aromatic heterocycles. The minimum Gasteiger partial charge on any atom is -0.442 e. The summed E-state index contributed by atoms with van der Waals surface area (Å²) >= 11 is 1.35. The van der Waals surface area contributed by atoms with E-state index in [4.69, 9.17) is 4.74 Å². The Balaban J connectivity index is 1.28. The summed E-state index contributed by atoms with van der Waals surface area (Å²) in [4.78, 5) is 55.9. The number of amides is 3. The van der Waals surface area contributed by atoms with Crippen molar-refractivity contribution in [3.05, 3.63) is 81.3 Å². The van der Waals surface area contributed by atoms with E-state index in [0.29, 0.717) is 22.7 Å². The first kappa shape index (κ1) is 19.2. The van der Waals surface area contributed by atoms with Gasteiger partial charge in [-0.3, -0.25) is 28.8 Å². The van der Waals surface area contributed by atoms with Gasteiger partial charge in [0.1, 0.15) is 11.1 Å². The van der Waals surface area contributed by atoms with Crippen molar-refractivity contribution >= 4 is 34.2 Å². The number of fused-ring (bicyclic) bond motifs is 1. The molecule has 1 saturated heterocycles. The maximum Gasteiger partial charge on any atom is 0.415 e. The van der Waals surface area contributed by atoms with Crippen LogP contribution in [0.2, 0.25) is 0 Å². The number of rotatable bonds is 5. The van der Waals surface area contributed by atoms with Gasteiger partial charge in [0.2, 0.25) is 0 Å². The average molecular weight is 436 g/mol. The molecular weight excluding hydrogens is 420 g/mol. The summed E-state index contributed by atoms with van der Waals surface area (Å²) in [6.07, 6.45) is 1.74. The Morgan fingerprint density at radius 2 is 1.81 bits per heavy atom. The Morgan fingerprint density at radius 1 is 1.06 bits per heavy atom. The summed E-state index contributed by atoms with van der Waals surface area (Å²) in [5.41, 5.74) is 1.42. The monoisotopic (exact) mass is 436 g/mol. The highest BCUT2D eigenvalue weighted by atomic mass is 32.1. The van der Waals surface area contributed by atoms with Crippen LogP contribution in [0.25, 0.3) is 0 Å². The van der Waals surface area contributed by atoms with E-state index in [9.17, 15) is 19.2 Å². The number of aromatic nitrogens is 2. The molecule has 0 bridgehead atoms. The molecule has 2 aliphatic rings. The number of imide groups is 1. The number of carbonyl (C=O) groups excluding carboxylic acids is 3. The highest BCUT2D eigenvalue weighted by molar-refractivity contribution is 7.14. The molecule has 0 unspecified atom stereocenters.